The highest BCUT2D eigenvalue weighted by Crippen LogP contribution is 2.35. The Morgan fingerprint density at radius 2 is 1.88 bits per heavy atom. The van der Waals surface area contributed by atoms with Crippen molar-refractivity contribution in [2.75, 3.05) is 6.54 Å². The fraction of sp³-hybridized carbons (Fsp3) is 0.923. The number of hydrogen-bond donors (Lipinski definition) is 2. The Hall–Kier alpha value is -0.570. The van der Waals surface area contributed by atoms with Crippen molar-refractivity contribution in [3.8, 4) is 0 Å². The molecule has 0 heterocycles. The largest absolute Gasteiger partial charge is 0.350 e. The molecule has 0 aliphatic heterocycles. The summed E-state index contributed by atoms with van der Waals surface area (Å²) in [5.74, 6) is 1.50. The Morgan fingerprint density at radius 3 is 2.25 bits per heavy atom. The van der Waals surface area contributed by atoms with Crippen molar-refractivity contribution >= 4 is 5.91 Å². The van der Waals surface area contributed by atoms with Gasteiger partial charge in [0.15, 0.2) is 0 Å². The molecule has 3 nitrogen and oxygen atoms in total. The fourth-order valence-electron chi connectivity index (χ4n) is 2.08. The van der Waals surface area contributed by atoms with Crippen molar-refractivity contribution in [3.05, 3.63) is 0 Å². The summed E-state index contributed by atoms with van der Waals surface area (Å²) in [6, 6.07) is 0.505. The van der Waals surface area contributed by atoms with E-state index in [2.05, 4.69) is 24.5 Å². The van der Waals surface area contributed by atoms with Crippen LogP contribution in [0.5, 0.6) is 0 Å². The lowest BCUT2D eigenvalue weighted by molar-refractivity contribution is -0.121. The molecule has 0 saturated heterocycles. The van der Waals surface area contributed by atoms with Gasteiger partial charge in [0.1, 0.15) is 0 Å². The molecule has 1 rings (SSSR count). The van der Waals surface area contributed by atoms with Crippen molar-refractivity contribution in [1.82, 2.24) is 10.6 Å². The van der Waals surface area contributed by atoms with Crippen LogP contribution < -0.4 is 10.6 Å². The van der Waals surface area contributed by atoms with Crippen LogP contribution in [-0.2, 0) is 4.79 Å². The molecule has 94 valence electrons. The van der Waals surface area contributed by atoms with Crippen LogP contribution in [0.15, 0.2) is 0 Å². The van der Waals surface area contributed by atoms with E-state index < -0.39 is 0 Å². The first kappa shape index (κ1) is 13.5. The van der Waals surface area contributed by atoms with Crippen LogP contribution in [0.25, 0.3) is 0 Å². The van der Waals surface area contributed by atoms with Gasteiger partial charge in [-0.2, -0.15) is 0 Å². The van der Waals surface area contributed by atoms with E-state index >= 15 is 0 Å². The average Bonchev–Trinajstić information content (AvgIpc) is 2.83. The van der Waals surface area contributed by atoms with Crippen LogP contribution in [-0.4, -0.2) is 24.0 Å². The summed E-state index contributed by atoms with van der Waals surface area (Å²) < 4.78 is 0. The van der Waals surface area contributed by atoms with E-state index in [0.29, 0.717) is 18.5 Å². The SMILES string of the molecule is CC(C)C(NCC(=O)NC(C)(C)C)C1CC1. The van der Waals surface area contributed by atoms with Crippen molar-refractivity contribution in [3.63, 3.8) is 0 Å². The predicted octanol–water partition coefficient (Wildman–Crippen LogP) is 1.93. The molecule has 1 aliphatic rings. The lowest BCUT2D eigenvalue weighted by Crippen LogP contribution is -2.48. The fourth-order valence-corrected chi connectivity index (χ4v) is 2.08. The van der Waals surface area contributed by atoms with E-state index in [1.165, 1.54) is 12.8 Å². The summed E-state index contributed by atoms with van der Waals surface area (Å²) in [7, 11) is 0. The van der Waals surface area contributed by atoms with Gasteiger partial charge >= 0.3 is 0 Å². The molecule has 0 aromatic heterocycles. The molecule has 1 atom stereocenters. The van der Waals surface area contributed by atoms with Gasteiger partial charge in [0.25, 0.3) is 0 Å². The van der Waals surface area contributed by atoms with Crippen LogP contribution in [0, 0.1) is 11.8 Å². The molecule has 0 bridgehead atoms. The minimum atomic E-state index is -0.133. The summed E-state index contributed by atoms with van der Waals surface area (Å²) in [5.41, 5.74) is -0.133. The smallest absolute Gasteiger partial charge is 0.234 e. The van der Waals surface area contributed by atoms with E-state index in [-0.39, 0.29) is 11.4 Å². The number of rotatable bonds is 5. The quantitative estimate of drug-likeness (QED) is 0.752. The topological polar surface area (TPSA) is 41.1 Å². The zero-order valence-corrected chi connectivity index (χ0v) is 11.3. The summed E-state index contributed by atoms with van der Waals surface area (Å²) in [4.78, 5) is 11.7. The zero-order chi connectivity index (χ0) is 12.3. The Labute approximate surface area is 99.4 Å². The van der Waals surface area contributed by atoms with Gasteiger partial charge in [-0.25, -0.2) is 0 Å². The summed E-state index contributed by atoms with van der Waals surface area (Å²) in [5, 5.41) is 6.36. The molecular weight excluding hydrogens is 200 g/mol. The molecule has 2 N–H and O–H groups in total. The van der Waals surface area contributed by atoms with E-state index in [9.17, 15) is 4.79 Å². The minimum absolute atomic E-state index is 0.0961. The third-order valence-corrected chi connectivity index (χ3v) is 2.86. The summed E-state index contributed by atoms with van der Waals surface area (Å²) >= 11 is 0. The molecule has 16 heavy (non-hydrogen) atoms. The number of carbonyl (C=O) groups is 1. The first-order valence-corrected chi connectivity index (χ1v) is 6.34. The lowest BCUT2D eigenvalue weighted by Gasteiger charge is -2.24. The average molecular weight is 226 g/mol. The van der Waals surface area contributed by atoms with Crippen LogP contribution in [0.3, 0.4) is 0 Å². The predicted molar refractivity (Wildman–Crippen MR) is 67.2 cm³/mol. The van der Waals surface area contributed by atoms with Gasteiger partial charge in [0.2, 0.25) is 5.91 Å². The highest BCUT2D eigenvalue weighted by molar-refractivity contribution is 5.78. The Kier molecular flexibility index (Phi) is 4.36. The second-order valence-corrected chi connectivity index (χ2v) is 6.29. The molecule has 1 amide bonds. The minimum Gasteiger partial charge on any atom is -0.350 e. The highest BCUT2D eigenvalue weighted by atomic mass is 16.2. The van der Waals surface area contributed by atoms with Gasteiger partial charge in [0, 0.05) is 11.6 Å². The molecular formula is C13H26N2O. The summed E-state index contributed by atoms with van der Waals surface area (Å²) in [6.07, 6.45) is 2.63. The molecule has 1 fully saturated rings. The van der Waals surface area contributed by atoms with Gasteiger partial charge in [-0.1, -0.05) is 13.8 Å². The number of nitrogens with one attached hydrogen (secondary N) is 2. The van der Waals surface area contributed by atoms with Crippen LogP contribution in [0.1, 0.15) is 47.5 Å². The van der Waals surface area contributed by atoms with Crippen LogP contribution in [0.2, 0.25) is 0 Å². The standard InChI is InChI=1S/C13H26N2O/c1-9(2)12(10-6-7-10)14-8-11(16)15-13(3,4)5/h9-10,12,14H,6-8H2,1-5H3,(H,15,16). The maximum Gasteiger partial charge on any atom is 0.234 e. The van der Waals surface area contributed by atoms with E-state index in [4.69, 9.17) is 0 Å². The van der Waals surface area contributed by atoms with Crippen LogP contribution >= 0.6 is 0 Å². The van der Waals surface area contributed by atoms with E-state index in [1.807, 2.05) is 20.8 Å². The Morgan fingerprint density at radius 1 is 1.31 bits per heavy atom. The Balaban J connectivity index is 2.29. The lowest BCUT2D eigenvalue weighted by atomic mass is 9.99. The van der Waals surface area contributed by atoms with E-state index in [1.54, 1.807) is 0 Å². The second-order valence-electron chi connectivity index (χ2n) is 6.29. The first-order chi connectivity index (χ1) is 7.29. The maximum atomic E-state index is 11.7. The van der Waals surface area contributed by atoms with Crippen molar-refractivity contribution in [1.29, 1.82) is 0 Å². The zero-order valence-electron chi connectivity index (χ0n) is 11.3. The van der Waals surface area contributed by atoms with E-state index in [0.717, 1.165) is 5.92 Å². The third-order valence-electron chi connectivity index (χ3n) is 2.86. The molecule has 0 radical (unpaired) electrons. The van der Waals surface area contributed by atoms with Gasteiger partial charge in [-0.3, -0.25) is 4.79 Å². The van der Waals surface area contributed by atoms with Crippen molar-refractivity contribution in [2.24, 2.45) is 11.8 Å². The Bertz CT molecular complexity index is 237. The molecule has 1 unspecified atom stereocenters. The van der Waals surface area contributed by atoms with Gasteiger partial charge < -0.3 is 10.6 Å². The first-order valence-electron chi connectivity index (χ1n) is 6.34. The number of carbonyl (C=O) groups excluding carboxylic acids is 1. The summed E-state index contributed by atoms with van der Waals surface area (Å²) in [6.45, 7) is 10.9. The van der Waals surface area contributed by atoms with Crippen molar-refractivity contribution < 1.29 is 4.79 Å². The monoisotopic (exact) mass is 226 g/mol. The normalized spacial score (nSPS) is 18.6. The van der Waals surface area contributed by atoms with Gasteiger partial charge in [0.05, 0.1) is 6.54 Å². The van der Waals surface area contributed by atoms with Gasteiger partial charge in [-0.05, 0) is 45.4 Å². The maximum absolute atomic E-state index is 11.7. The van der Waals surface area contributed by atoms with Crippen LogP contribution in [0.4, 0.5) is 0 Å². The molecule has 1 aliphatic carbocycles. The number of hydrogen-bond acceptors (Lipinski definition) is 2. The molecule has 0 aromatic carbocycles. The highest BCUT2D eigenvalue weighted by Gasteiger charge is 2.33. The molecule has 1 saturated carbocycles. The molecule has 0 aromatic rings. The van der Waals surface area contributed by atoms with Crippen molar-refractivity contribution in [2.45, 2.75) is 59.0 Å². The molecule has 0 spiro atoms. The second kappa shape index (κ2) is 5.17. The third kappa shape index (κ3) is 4.97. The molecule has 3 heteroatoms. The van der Waals surface area contributed by atoms with Gasteiger partial charge in [-0.15, -0.1) is 0 Å². The number of amides is 1.